The Balaban J connectivity index is 1.66. The Hall–Kier alpha value is -1.79. The van der Waals surface area contributed by atoms with E-state index in [1.807, 2.05) is 43.4 Å². The van der Waals surface area contributed by atoms with Crippen LogP contribution in [0, 0.1) is 0 Å². The molecule has 0 unspecified atom stereocenters. The molecule has 1 saturated carbocycles. The van der Waals surface area contributed by atoms with Crippen LogP contribution in [0.4, 0.5) is 0 Å². The average Bonchev–Trinajstić information content (AvgIpc) is 2.91. The van der Waals surface area contributed by atoms with Crippen molar-refractivity contribution in [3.63, 3.8) is 0 Å². The lowest BCUT2D eigenvalue weighted by atomic mass is 10.1. The first-order chi connectivity index (χ1) is 12.5. The monoisotopic (exact) mass is 376 g/mol. The number of nitrogens with two attached hydrogens (primary N) is 1. The van der Waals surface area contributed by atoms with Gasteiger partial charge in [-0.15, -0.1) is 0 Å². The van der Waals surface area contributed by atoms with Crippen molar-refractivity contribution in [2.24, 2.45) is 5.73 Å². The number of methoxy groups -OCH3 is 1. The topological polar surface area (TPSA) is 68.0 Å². The Morgan fingerprint density at radius 2 is 1.88 bits per heavy atom. The predicted octanol–water partition coefficient (Wildman–Crippen LogP) is 2.69. The Bertz CT molecular complexity index is 725. The fraction of sp³-hybridized carbons (Fsp3) is 0.400. The zero-order valence-corrected chi connectivity index (χ0v) is 15.8. The highest BCUT2D eigenvalue weighted by Gasteiger charge is 2.44. The molecule has 1 fully saturated rings. The van der Waals surface area contributed by atoms with E-state index in [0.29, 0.717) is 23.7 Å². The molecule has 1 aliphatic rings. The summed E-state index contributed by atoms with van der Waals surface area (Å²) in [4.78, 5) is 2.08. The second kappa shape index (κ2) is 8.27. The molecule has 140 valence electrons. The first kappa shape index (κ1) is 19.0. The molecule has 5 nitrogen and oxygen atoms in total. The Morgan fingerprint density at radius 3 is 2.54 bits per heavy atom. The third-order valence-corrected chi connectivity index (χ3v) is 5.20. The maximum Gasteiger partial charge on any atom is 0.138 e. The molecule has 26 heavy (non-hydrogen) atoms. The SMILES string of the molecule is COc1ccc(CN(C)[C@@H]2[C@@H](O)[C@H](Oc3ccccc3Cl)C[C@H]2N)cc1. The Labute approximate surface area is 159 Å². The smallest absolute Gasteiger partial charge is 0.138 e. The van der Waals surface area contributed by atoms with Gasteiger partial charge in [0.25, 0.3) is 0 Å². The second-order valence-corrected chi connectivity index (χ2v) is 7.14. The van der Waals surface area contributed by atoms with Crippen LogP contribution in [0.15, 0.2) is 48.5 Å². The molecular weight excluding hydrogens is 352 g/mol. The number of halogens is 1. The number of hydrogen-bond acceptors (Lipinski definition) is 5. The van der Waals surface area contributed by atoms with Crippen LogP contribution >= 0.6 is 11.6 Å². The summed E-state index contributed by atoms with van der Waals surface area (Å²) in [6.07, 6.45) is -0.498. The highest BCUT2D eigenvalue weighted by atomic mass is 35.5. The maximum absolute atomic E-state index is 10.8. The number of benzene rings is 2. The molecule has 0 bridgehead atoms. The van der Waals surface area contributed by atoms with Gasteiger partial charge in [-0.1, -0.05) is 35.9 Å². The number of hydrogen-bond donors (Lipinski definition) is 2. The normalized spacial score (nSPS) is 25.5. The quantitative estimate of drug-likeness (QED) is 0.811. The number of rotatable bonds is 6. The minimum Gasteiger partial charge on any atom is -0.497 e. The van der Waals surface area contributed by atoms with E-state index in [2.05, 4.69) is 4.90 Å². The largest absolute Gasteiger partial charge is 0.497 e. The third-order valence-electron chi connectivity index (χ3n) is 4.89. The Morgan fingerprint density at radius 1 is 1.19 bits per heavy atom. The van der Waals surface area contributed by atoms with Gasteiger partial charge in [-0.25, -0.2) is 0 Å². The lowest BCUT2D eigenvalue weighted by molar-refractivity contribution is 0.0138. The molecule has 0 saturated heterocycles. The van der Waals surface area contributed by atoms with Gasteiger partial charge < -0.3 is 20.3 Å². The molecule has 0 aliphatic heterocycles. The summed E-state index contributed by atoms with van der Waals surface area (Å²) in [6, 6.07) is 14.8. The summed E-state index contributed by atoms with van der Waals surface area (Å²) in [5, 5.41) is 11.3. The van der Waals surface area contributed by atoms with E-state index >= 15 is 0 Å². The molecule has 2 aromatic carbocycles. The molecule has 0 aromatic heterocycles. The van der Waals surface area contributed by atoms with Crippen molar-refractivity contribution < 1.29 is 14.6 Å². The number of nitrogens with zero attached hydrogens (tertiary/aromatic N) is 1. The van der Waals surface area contributed by atoms with Crippen LogP contribution < -0.4 is 15.2 Å². The molecule has 0 amide bonds. The minimum absolute atomic E-state index is 0.180. The summed E-state index contributed by atoms with van der Waals surface area (Å²) in [6.45, 7) is 0.679. The lowest BCUT2D eigenvalue weighted by Crippen LogP contribution is -2.48. The van der Waals surface area contributed by atoms with Crippen molar-refractivity contribution in [2.45, 2.75) is 37.3 Å². The molecule has 3 N–H and O–H groups in total. The summed E-state index contributed by atoms with van der Waals surface area (Å²) >= 11 is 6.16. The second-order valence-electron chi connectivity index (χ2n) is 6.73. The van der Waals surface area contributed by atoms with Crippen molar-refractivity contribution in [2.75, 3.05) is 14.2 Å². The van der Waals surface area contributed by atoms with Gasteiger partial charge in [0.15, 0.2) is 0 Å². The van der Waals surface area contributed by atoms with Crippen LogP contribution in [0.1, 0.15) is 12.0 Å². The molecule has 4 atom stereocenters. The van der Waals surface area contributed by atoms with Crippen LogP contribution in [0.2, 0.25) is 5.02 Å². The van der Waals surface area contributed by atoms with Crippen LogP contribution in [0.25, 0.3) is 0 Å². The fourth-order valence-corrected chi connectivity index (χ4v) is 3.73. The van der Waals surface area contributed by atoms with Crippen LogP contribution in [-0.4, -0.2) is 48.5 Å². The van der Waals surface area contributed by atoms with Gasteiger partial charge in [-0.05, 0) is 36.9 Å². The molecular formula is C20H25ClN2O3. The minimum atomic E-state index is -0.690. The molecule has 0 heterocycles. The first-order valence-corrected chi connectivity index (χ1v) is 9.05. The van der Waals surface area contributed by atoms with E-state index in [4.69, 9.17) is 26.8 Å². The zero-order valence-electron chi connectivity index (χ0n) is 15.0. The zero-order chi connectivity index (χ0) is 18.7. The molecule has 0 radical (unpaired) electrons. The van der Waals surface area contributed by atoms with Crippen molar-refractivity contribution in [3.05, 3.63) is 59.1 Å². The number of aliphatic hydroxyl groups excluding tert-OH is 1. The lowest BCUT2D eigenvalue weighted by Gasteiger charge is -2.30. The molecule has 3 rings (SSSR count). The van der Waals surface area contributed by atoms with Crippen molar-refractivity contribution in [1.29, 1.82) is 0 Å². The van der Waals surface area contributed by atoms with E-state index in [1.165, 1.54) is 0 Å². The molecule has 1 aliphatic carbocycles. The number of ether oxygens (including phenoxy) is 2. The fourth-order valence-electron chi connectivity index (χ4n) is 3.55. The van der Waals surface area contributed by atoms with Crippen LogP contribution in [-0.2, 0) is 6.54 Å². The van der Waals surface area contributed by atoms with Gasteiger partial charge >= 0.3 is 0 Å². The van der Waals surface area contributed by atoms with Crippen LogP contribution in [0.5, 0.6) is 11.5 Å². The van der Waals surface area contributed by atoms with E-state index in [0.717, 1.165) is 11.3 Å². The summed E-state index contributed by atoms with van der Waals surface area (Å²) in [5.74, 6) is 1.39. The van der Waals surface area contributed by atoms with E-state index < -0.39 is 6.10 Å². The first-order valence-electron chi connectivity index (χ1n) is 8.67. The van der Waals surface area contributed by atoms with Gasteiger partial charge in [-0.3, -0.25) is 4.90 Å². The van der Waals surface area contributed by atoms with Crippen molar-refractivity contribution in [3.8, 4) is 11.5 Å². The van der Waals surface area contributed by atoms with Gasteiger partial charge in [0.05, 0.1) is 18.2 Å². The van der Waals surface area contributed by atoms with Crippen molar-refractivity contribution >= 4 is 11.6 Å². The van der Waals surface area contributed by atoms with Gasteiger partial charge in [0, 0.05) is 19.0 Å². The van der Waals surface area contributed by atoms with E-state index in [9.17, 15) is 5.11 Å². The number of aliphatic hydroxyl groups is 1. The van der Waals surface area contributed by atoms with Gasteiger partial charge in [0.1, 0.15) is 23.7 Å². The predicted molar refractivity (Wildman–Crippen MR) is 103 cm³/mol. The van der Waals surface area contributed by atoms with Gasteiger partial charge in [0.2, 0.25) is 0 Å². The highest BCUT2D eigenvalue weighted by Crippen LogP contribution is 2.31. The standard InChI is InChI=1S/C20H25ClN2O3/c1-23(12-13-7-9-14(25-2)10-8-13)19-16(22)11-18(20(19)24)26-17-6-4-3-5-15(17)21/h3-10,16,18-20,24H,11-12,22H2,1-2H3/t16-,18-,19+,20+/m1/s1. The number of para-hydroxylation sites is 1. The molecule has 6 heteroatoms. The van der Waals surface area contributed by atoms with E-state index in [1.54, 1.807) is 19.2 Å². The van der Waals surface area contributed by atoms with Gasteiger partial charge in [-0.2, -0.15) is 0 Å². The Kier molecular flexibility index (Phi) is 6.04. The summed E-state index contributed by atoms with van der Waals surface area (Å²) < 4.78 is 11.1. The van der Waals surface area contributed by atoms with Crippen LogP contribution in [0.3, 0.4) is 0 Å². The van der Waals surface area contributed by atoms with Crippen molar-refractivity contribution in [1.82, 2.24) is 4.90 Å². The summed E-state index contributed by atoms with van der Waals surface area (Å²) in [5.41, 5.74) is 7.44. The molecule has 0 spiro atoms. The molecule has 2 aromatic rings. The number of likely N-dealkylation sites (N-methyl/N-ethyl adjacent to an activating group) is 1. The summed E-state index contributed by atoms with van der Waals surface area (Å²) in [7, 11) is 3.62. The van der Waals surface area contributed by atoms with E-state index in [-0.39, 0.29) is 18.2 Å². The third kappa shape index (κ3) is 4.13. The average molecular weight is 377 g/mol. The highest BCUT2D eigenvalue weighted by molar-refractivity contribution is 6.32. The maximum atomic E-state index is 10.8.